The van der Waals surface area contributed by atoms with Gasteiger partial charge < -0.3 is 5.73 Å². The molecule has 1 aliphatic rings. The summed E-state index contributed by atoms with van der Waals surface area (Å²) in [4.78, 5) is 41.6. The summed E-state index contributed by atoms with van der Waals surface area (Å²) < 4.78 is 71.5. The van der Waals surface area contributed by atoms with Crippen molar-refractivity contribution in [1.82, 2.24) is 9.55 Å². The quantitative estimate of drug-likeness (QED) is 0.629. The summed E-state index contributed by atoms with van der Waals surface area (Å²) in [6.45, 7) is -2.14. The van der Waals surface area contributed by atoms with Gasteiger partial charge in [-0.1, -0.05) is 6.04 Å². The zero-order chi connectivity index (χ0) is 22.9. The number of benzene rings is 1. The second-order valence-corrected chi connectivity index (χ2v) is 4.33. The first-order valence-corrected chi connectivity index (χ1v) is 5.84. The molecule has 1 saturated carbocycles. The molecule has 2 unspecified atom stereocenters. The minimum atomic E-state index is -3.24. The number of carbonyl (C=O) groups excluding carboxylic acids is 2. The van der Waals surface area contributed by atoms with Crippen molar-refractivity contribution in [2.24, 2.45) is 0 Å². The molecule has 6 nitrogen and oxygen atoms in total. The molecule has 0 bridgehead atoms. The minimum absolute atomic E-state index is 0.120. The van der Waals surface area contributed by atoms with Crippen LogP contribution in [0.2, 0.25) is 0 Å². The molecule has 0 aliphatic heterocycles. The van der Waals surface area contributed by atoms with Crippen LogP contribution in [0.15, 0.2) is 22.9 Å². The maximum absolute atomic E-state index is 13.3. The molecule has 2 atom stereocenters. The van der Waals surface area contributed by atoms with E-state index in [1.54, 1.807) is 0 Å². The molecule has 0 radical (unpaired) electrons. The van der Waals surface area contributed by atoms with Crippen molar-refractivity contribution in [1.29, 1.82) is 0 Å². The van der Waals surface area contributed by atoms with Gasteiger partial charge in [-0.15, -0.1) is 0 Å². The number of aryl methyl sites for hydroxylation is 1. The van der Waals surface area contributed by atoms with Crippen LogP contribution in [0, 0.1) is 6.88 Å². The summed E-state index contributed by atoms with van der Waals surface area (Å²) >= 11 is 0. The van der Waals surface area contributed by atoms with E-state index in [0.29, 0.717) is 0 Å². The average molecular weight is 294 g/mol. The number of fused-ring (bicyclic) bond motifs is 1. The molecular formula is C15H15N3O3. The average Bonchev–Trinajstić information content (AvgIpc) is 2.67. The van der Waals surface area contributed by atoms with Gasteiger partial charge in [-0.3, -0.25) is 19.0 Å². The smallest absolute Gasteiger partial charge is 0.264 e. The maximum atomic E-state index is 13.3. The molecular weight excluding hydrogens is 270 g/mol. The Hall–Kier alpha value is -2.50. The van der Waals surface area contributed by atoms with Crippen LogP contribution in [0.25, 0.3) is 10.9 Å². The lowest BCUT2D eigenvalue weighted by molar-refractivity contribution is -0.132. The van der Waals surface area contributed by atoms with E-state index in [2.05, 4.69) is 4.98 Å². The molecule has 1 aromatic heterocycles. The van der Waals surface area contributed by atoms with Crippen LogP contribution in [0.1, 0.15) is 43.4 Å². The first-order valence-electron chi connectivity index (χ1n) is 10.6. The van der Waals surface area contributed by atoms with Gasteiger partial charge in [0.25, 0.3) is 5.56 Å². The van der Waals surface area contributed by atoms with E-state index in [0.717, 1.165) is 0 Å². The fourth-order valence-corrected chi connectivity index (χ4v) is 2.02. The number of rotatable bonds is 1. The van der Waals surface area contributed by atoms with Gasteiger partial charge in [0.15, 0.2) is 5.78 Å². The zero-order valence-corrected chi connectivity index (χ0v) is 10.6. The number of nitrogens with zero attached hydrogens (tertiary/aromatic N) is 2. The van der Waals surface area contributed by atoms with Crippen LogP contribution in [-0.4, -0.2) is 21.1 Å². The Labute approximate surface area is 133 Å². The molecule has 21 heavy (non-hydrogen) atoms. The van der Waals surface area contributed by atoms with Crippen molar-refractivity contribution in [2.45, 2.75) is 32.1 Å². The van der Waals surface area contributed by atoms with Crippen LogP contribution in [0.4, 0.5) is 5.69 Å². The van der Waals surface area contributed by atoms with Crippen LogP contribution in [0.3, 0.4) is 0 Å². The molecule has 3 rings (SSSR count). The second-order valence-electron chi connectivity index (χ2n) is 4.33. The molecule has 1 aromatic carbocycles. The van der Waals surface area contributed by atoms with Gasteiger partial charge in [-0.05, 0) is 25.3 Å². The van der Waals surface area contributed by atoms with Gasteiger partial charge in [-0.2, -0.15) is 0 Å². The fourth-order valence-electron chi connectivity index (χ4n) is 2.02. The third-order valence-electron chi connectivity index (χ3n) is 2.95. The first kappa shape index (κ1) is 6.51. The number of nitrogens with two attached hydrogens (primary N) is 1. The molecule has 1 fully saturated rings. The predicted octanol–water partition coefficient (Wildman–Crippen LogP) is 1.15. The number of ketones is 2. The molecule has 1 heterocycles. The summed E-state index contributed by atoms with van der Waals surface area (Å²) in [5, 5.41) is -0.654. The first-order chi connectivity index (χ1) is 13.7. The van der Waals surface area contributed by atoms with Crippen LogP contribution in [0.5, 0.6) is 0 Å². The third-order valence-corrected chi connectivity index (χ3v) is 2.95. The largest absolute Gasteiger partial charge is 0.398 e. The second kappa shape index (κ2) is 4.80. The van der Waals surface area contributed by atoms with Gasteiger partial charge in [-0.25, -0.2) is 4.98 Å². The summed E-state index contributed by atoms with van der Waals surface area (Å²) in [7, 11) is 0. The van der Waals surface area contributed by atoms with Crippen LogP contribution >= 0.6 is 0 Å². The lowest BCUT2D eigenvalue weighted by atomic mass is 9.92. The number of hydrogen-bond donors (Lipinski definition) is 1. The van der Waals surface area contributed by atoms with Crippen molar-refractivity contribution in [3.8, 4) is 0 Å². The summed E-state index contributed by atoms with van der Waals surface area (Å²) in [5.74, 6) is -3.37. The van der Waals surface area contributed by atoms with E-state index in [4.69, 9.17) is 18.1 Å². The normalized spacial score (nSPS) is 34.9. The lowest BCUT2D eigenvalue weighted by Crippen LogP contribution is -2.36. The minimum Gasteiger partial charge on any atom is -0.398 e. The Kier molecular flexibility index (Phi) is 1.49. The number of aromatic nitrogens is 2. The standard InChI is InChI=1S/C15H15N3O3/c1-8-17-11-4-2-3-10(16)14(11)15(21)18(8)12-6-5-9(19)7-13(12)20/h2-4,12H,5-7,16H2,1H3/i1D2,2D,3D,4D,5D,6D2,12D. The Morgan fingerprint density at radius 2 is 2.33 bits per heavy atom. The van der Waals surface area contributed by atoms with E-state index in [-0.39, 0.29) is 4.57 Å². The van der Waals surface area contributed by atoms with E-state index in [1.807, 2.05) is 0 Å². The van der Waals surface area contributed by atoms with Gasteiger partial charge in [0.1, 0.15) is 11.6 Å². The van der Waals surface area contributed by atoms with Gasteiger partial charge >= 0.3 is 0 Å². The highest BCUT2D eigenvalue weighted by Gasteiger charge is 2.30. The number of Topliss-reactive ketones (excluding diaryl/α,β-unsaturated/α-hetero) is 2. The van der Waals surface area contributed by atoms with E-state index in [1.165, 1.54) is 0 Å². The number of nitrogen functional groups attached to an aromatic ring is 1. The molecule has 2 N–H and O–H groups in total. The lowest BCUT2D eigenvalue weighted by Gasteiger charge is -2.24. The fraction of sp³-hybridized carbons (Fsp3) is 0.333. The predicted molar refractivity (Wildman–Crippen MR) is 78.1 cm³/mol. The Balaban J connectivity index is 2.57. The molecule has 108 valence electrons. The summed E-state index contributed by atoms with van der Waals surface area (Å²) in [6, 6.07) is -5.31. The van der Waals surface area contributed by atoms with Gasteiger partial charge in [0, 0.05) is 18.9 Å². The van der Waals surface area contributed by atoms with E-state index in [9.17, 15) is 14.4 Å². The zero-order valence-electron chi connectivity index (χ0n) is 19.6. The Bertz CT molecular complexity index is 1180. The number of hydrogen-bond acceptors (Lipinski definition) is 5. The van der Waals surface area contributed by atoms with Crippen LogP contribution in [-0.2, 0) is 9.59 Å². The van der Waals surface area contributed by atoms with Crippen molar-refractivity contribution in [3.63, 3.8) is 0 Å². The van der Waals surface area contributed by atoms with Crippen LogP contribution < -0.4 is 11.3 Å². The molecule has 0 spiro atoms. The monoisotopic (exact) mass is 294 g/mol. The molecule has 0 amide bonds. The van der Waals surface area contributed by atoms with E-state index >= 15 is 0 Å². The summed E-state index contributed by atoms with van der Waals surface area (Å²) in [5.41, 5.74) is 3.21. The SMILES string of the molecule is [2H]c1c([2H])c(N)c2c(=O)n(C3([2H])C(=O)CC(=O)C([2H])C3([2H])[2H])c(C([2H])[2H])nc2c1[2H]. The van der Waals surface area contributed by atoms with Crippen molar-refractivity contribution < 1.29 is 21.9 Å². The topological polar surface area (TPSA) is 95.0 Å². The summed E-state index contributed by atoms with van der Waals surface area (Å²) in [6.07, 6.45) is -6.46. The highest BCUT2D eigenvalue weighted by Crippen LogP contribution is 2.24. The third kappa shape index (κ3) is 2.12. The molecule has 1 aliphatic carbocycles. The Morgan fingerprint density at radius 1 is 1.52 bits per heavy atom. The van der Waals surface area contributed by atoms with Crippen molar-refractivity contribution in [2.75, 3.05) is 5.73 Å². The van der Waals surface area contributed by atoms with Crippen molar-refractivity contribution >= 4 is 28.2 Å². The Morgan fingerprint density at radius 3 is 3.10 bits per heavy atom. The van der Waals surface area contributed by atoms with Gasteiger partial charge in [0.05, 0.1) is 28.8 Å². The van der Waals surface area contributed by atoms with E-state index < -0.39 is 89.8 Å². The molecule has 0 saturated heterocycles. The number of anilines is 1. The number of carbonyl (C=O) groups is 2. The highest BCUT2D eigenvalue weighted by molar-refractivity contribution is 6.03. The maximum Gasteiger partial charge on any atom is 0.264 e. The molecule has 6 heteroatoms. The van der Waals surface area contributed by atoms with Crippen molar-refractivity contribution in [3.05, 3.63) is 34.3 Å². The molecule has 2 aromatic rings. The van der Waals surface area contributed by atoms with Gasteiger partial charge in [0.2, 0.25) is 0 Å². The highest BCUT2D eigenvalue weighted by atomic mass is 16.2.